The van der Waals surface area contributed by atoms with Crippen molar-refractivity contribution in [1.29, 1.82) is 0 Å². The van der Waals surface area contributed by atoms with Crippen LogP contribution in [0.15, 0.2) is 103 Å². The summed E-state index contributed by atoms with van der Waals surface area (Å²) in [5.74, 6) is -15.3. The number of Topliss-reactive ketones (excluding diaryl/α,β-unsaturated/α-hetero) is 3. The second kappa shape index (κ2) is 38.2. The number of primary amides is 1. The number of carbonyl (C=O) groups excluding carboxylic acids is 9. The van der Waals surface area contributed by atoms with Crippen LogP contribution in [-0.4, -0.2) is 174 Å². The number of aliphatic hydroxyl groups is 6. The number of nitrogens with two attached hydrogens (primary N) is 2. The van der Waals surface area contributed by atoms with Gasteiger partial charge in [-0.2, -0.15) is 0 Å². The maximum absolute atomic E-state index is 16.7. The number of phenolic OH excluding ortho intramolecular Hbond substituents is 2. The van der Waals surface area contributed by atoms with Gasteiger partial charge in [0.25, 0.3) is 0 Å². The number of nitrogens with one attached hydrogen (secondary N) is 5. The predicted octanol–water partition coefficient (Wildman–Crippen LogP) is 9.55. The second-order valence-corrected chi connectivity index (χ2v) is 36.0. The van der Waals surface area contributed by atoms with Crippen molar-refractivity contribution < 1.29 is 122 Å². The zero-order chi connectivity index (χ0) is 89.5. The van der Waals surface area contributed by atoms with Gasteiger partial charge in [-0.15, -0.1) is 0 Å². The first kappa shape index (κ1) is 91.2. The quantitative estimate of drug-likeness (QED) is 0.0298. The van der Waals surface area contributed by atoms with Gasteiger partial charge in [0.15, 0.2) is 41.2 Å². The fraction of sp³-hybridized carbons (Fsp3) is 0.505. The Bertz CT molecular complexity index is 5060. The number of amides is 6. The van der Waals surface area contributed by atoms with E-state index in [2.05, 4.69) is 26.6 Å². The highest BCUT2D eigenvalue weighted by Gasteiger charge is 2.53. The van der Waals surface area contributed by atoms with E-state index in [1.807, 2.05) is 20.8 Å². The van der Waals surface area contributed by atoms with Crippen molar-refractivity contribution in [2.24, 2.45) is 58.8 Å². The molecule has 17 rings (SSSR count). The molecule has 670 valence electrons. The van der Waals surface area contributed by atoms with Crippen molar-refractivity contribution in [2.75, 3.05) is 18.5 Å². The molecule has 4 saturated carbocycles. The minimum Gasteiger partial charge on any atom is -0.507 e. The van der Waals surface area contributed by atoms with Crippen molar-refractivity contribution >= 4 is 81.9 Å². The molecule has 0 unspecified atom stereocenters. The molecule has 7 heterocycles. The summed E-state index contributed by atoms with van der Waals surface area (Å²) in [6.07, 6.45) is -14.7. The third-order valence-electron chi connectivity index (χ3n) is 25.6. The second-order valence-electron chi connectivity index (χ2n) is 35.2. The molecular formula is C91H107Cl2N7O25. The number of fused-ring (bicyclic) bond motifs is 15. The van der Waals surface area contributed by atoms with Gasteiger partial charge >= 0.3 is 6.09 Å². The largest absolute Gasteiger partial charge is 0.507 e. The van der Waals surface area contributed by atoms with Gasteiger partial charge in [-0.1, -0.05) is 75.5 Å². The molecule has 18 atom stereocenters. The molecule has 6 fully saturated rings. The van der Waals surface area contributed by atoms with Crippen LogP contribution in [0, 0.1) is 47.3 Å². The first-order valence-electron chi connectivity index (χ1n) is 42.6. The van der Waals surface area contributed by atoms with Crippen LogP contribution in [0.3, 0.4) is 0 Å². The van der Waals surface area contributed by atoms with E-state index >= 15 is 28.8 Å². The van der Waals surface area contributed by atoms with Crippen molar-refractivity contribution in [3.05, 3.63) is 141 Å². The molecule has 2 saturated heterocycles. The number of hydrogen-bond acceptors (Lipinski definition) is 26. The number of hydrogen-bond donors (Lipinski definition) is 15. The van der Waals surface area contributed by atoms with E-state index in [0.29, 0.717) is 37.0 Å². The average molecular weight is 1770 g/mol. The third-order valence-corrected chi connectivity index (χ3v) is 26.2. The Morgan fingerprint density at radius 2 is 1.34 bits per heavy atom. The number of unbranched alkanes of at least 4 members (excludes halogenated alkanes) is 1. The number of halogens is 2. The topological polar surface area (TPSA) is 502 Å². The SMILES string of the molecule is CCCCOc1ccc(NC(=O)Oc2cc(O)c3c(c2)[C@@H](C(=O)CC2C4CC5CC(C4)CC2C5)NC(=O)[C@H]2NC(=O)[C@H](CC(=O)[C@@H]4NC(=O)[C@H](CC(N)=O)CC(=O)[C@H](NC(=O)[C@H](CC)CC(C)C)[C@H](O)c5ccc(c(Cl)c5)Oc5cc4cc(c5O[C@@H]4O[C@H](CO)[C@@H](O)[C@H](O)[C@H]4O[C@H]4C[C@](C)(N)[C@H](O)[C@H](C)O4)Oc4ccc(cc4Cl)[C@H]2O)c2ccc(O)c-3c2)cc1. The number of ether oxygens (including phenoxy) is 8. The lowest BCUT2D eigenvalue weighted by Gasteiger charge is -2.54. The number of anilines is 1. The summed E-state index contributed by atoms with van der Waals surface area (Å²) in [5, 5.41) is 109. The summed E-state index contributed by atoms with van der Waals surface area (Å²) in [5.41, 5.74) is 9.71. The zero-order valence-corrected chi connectivity index (χ0v) is 71.3. The Kier molecular flexibility index (Phi) is 27.9. The van der Waals surface area contributed by atoms with Crippen LogP contribution in [0.25, 0.3) is 11.1 Å². The van der Waals surface area contributed by atoms with Crippen LogP contribution < -0.4 is 61.7 Å². The molecule has 7 aliphatic heterocycles. The van der Waals surface area contributed by atoms with E-state index in [1.165, 1.54) is 68.4 Å². The van der Waals surface area contributed by atoms with E-state index in [-0.39, 0.29) is 108 Å². The van der Waals surface area contributed by atoms with Gasteiger partial charge in [0.2, 0.25) is 41.6 Å². The smallest absolute Gasteiger partial charge is 0.417 e. The average Bonchev–Trinajstić information content (AvgIpc) is 0.758. The van der Waals surface area contributed by atoms with Gasteiger partial charge in [-0.05, 0) is 207 Å². The van der Waals surface area contributed by atoms with Gasteiger partial charge in [-0.25, -0.2) is 4.79 Å². The molecule has 4 aliphatic carbocycles. The van der Waals surface area contributed by atoms with Gasteiger partial charge in [0, 0.05) is 66.4 Å². The summed E-state index contributed by atoms with van der Waals surface area (Å²) in [6.45, 7) is 10.1. The summed E-state index contributed by atoms with van der Waals surface area (Å²) in [7, 11) is 0. The molecular weight excluding hydrogens is 1660 g/mol. The Hall–Kier alpha value is -10.1. The van der Waals surface area contributed by atoms with E-state index in [1.54, 1.807) is 31.2 Å². The molecule has 6 aromatic rings. The predicted molar refractivity (Wildman–Crippen MR) is 450 cm³/mol. The summed E-state index contributed by atoms with van der Waals surface area (Å²) in [6, 6.07) is 13.8. The van der Waals surface area contributed by atoms with Crippen molar-refractivity contribution in [2.45, 2.75) is 228 Å². The van der Waals surface area contributed by atoms with Gasteiger partial charge in [0.1, 0.15) is 89.2 Å². The minimum absolute atomic E-state index is 0.0217. The highest BCUT2D eigenvalue weighted by molar-refractivity contribution is 6.32. The summed E-state index contributed by atoms with van der Waals surface area (Å²) < 4.78 is 50.9. The lowest BCUT2D eigenvalue weighted by atomic mass is 9.51. The van der Waals surface area contributed by atoms with Crippen LogP contribution in [-0.2, 0) is 52.6 Å². The maximum atomic E-state index is 16.7. The van der Waals surface area contributed by atoms with Crippen LogP contribution in [0.5, 0.6) is 51.7 Å². The highest BCUT2D eigenvalue weighted by atomic mass is 35.5. The van der Waals surface area contributed by atoms with Crippen molar-refractivity contribution in [3.8, 4) is 62.9 Å². The molecule has 17 N–H and O–H groups in total. The number of benzene rings is 6. The normalized spacial score (nSPS) is 30.5. The molecule has 0 aromatic heterocycles. The summed E-state index contributed by atoms with van der Waals surface area (Å²) >= 11 is 14.5. The molecule has 6 amide bonds. The number of carbonyl (C=O) groups is 9. The highest BCUT2D eigenvalue weighted by Crippen LogP contribution is 2.59. The fourth-order valence-electron chi connectivity index (χ4n) is 19.3. The maximum Gasteiger partial charge on any atom is 0.417 e. The van der Waals surface area contributed by atoms with Crippen molar-refractivity contribution in [1.82, 2.24) is 21.3 Å². The van der Waals surface area contributed by atoms with Crippen LogP contribution >= 0.6 is 23.2 Å². The molecule has 34 heteroatoms. The number of aliphatic hydroxyl groups excluding tert-OH is 6. The fourth-order valence-corrected chi connectivity index (χ4v) is 19.7. The minimum atomic E-state index is -2.20. The number of ketones is 3. The molecule has 15 bridgehead atoms. The third kappa shape index (κ3) is 20.0. The van der Waals surface area contributed by atoms with E-state index < -0.39 is 216 Å². The van der Waals surface area contributed by atoms with Crippen LogP contribution in [0.4, 0.5) is 10.5 Å². The number of rotatable bonds is 21. The Balaban J connectivity index is 0.954. The lowest BCUT2D eigenvalue weighted by molar-refractivity contribution is -0.333. The first-order valence-corrected chi connectivity index (χ1v) is 43.3. The summed E-state index contributed by atoms with van der Waals surface area (Å²) in [4.78, 5) is 138. The molecule has 11 aliphatic rings. The molecule has 6 aromatic carbocycles. The zero-order valence-electron chi connectivity index (χ0n) is 69.8. The Morgan fingerprint density at radius 1 is 0.688 bits per heavy atom. The Labute approximate surface area is 730 Å². The standard InChI is InChI=1S/C91H107Cl2N7O25/c1-7-9-20-118-53-15-13-52(14-16-53)96-90(117)120-54-34-58-73(62(103)35-54)57-27-45(10-17-61(57)102)56-37-64(105)74-50-31-68(121-66-18-11-46(28-59(66)92)78(108)76(99-85(113)44(8-2)21-40(3)4)63(104)30-51(33-71(94)107)86(114)97-74)82(125-89-83(81(111)80(110)70(39-101)123-89)124-72-38-91(6,95)84(112)41(5)119-72)69(32-50)122-67-19-12-47(29-60(67)93)79(109)77(100-87(56)115)88(116)98-75(58)65(106)36-55-48-23-42-22-43(25-48)26-49(55)24-42/h10-19,27-29,31-32,34-35,40-44,48-49,51,55-56,70,72,74-81,83-84,89,101-103,108-112H,7-9,20-26,30,33,36-39,95H2,1-6H3,(H2,94,107)(H,96,117)(H,97,114)(H,98,116)(H,99,113)(H,100,115)/t41-,42?,43?,44+,48?,49?,51-,55?,56+,70+,72-,74+,75-,76-,77-,78+,79+,80+,81-,83+,84+,89-,91-/m0/s1. The van der Waals surface area contributed by atoms with Crippen LogP contribution in [0.2, 0.25) is 10.0 Å². The van der Waals surface area contributed by atoms with E-state index in [0.717, 1.165) is 69.2 Å². The molecule has 0 spiro atoms. The van der Waals surface area contributed by atoms with Gasteiger partial charge < -0.3 is 111 Å². The first-order chi connectivity index (χ1) is 59.5. The van der Waals surface area contributed by atoms with Gasteiger partial charge in [0.05, 0.1) is 47.3 Å². The van der Waals surface area contributed by atoms with E-state index in [4.69, 9.17) is 72.6 Å². The number of phenols is 2. The van der Waals surface area contributed by atoms with Crippen molar-refractivity contribution in [3.63, 3.8) is 0 Å². The molecule has 125 heavy (non-hydrogen) atoms. The number of aromatic hydroxyl groups is 2. The Morgan fingerprint density at radius 3 is 1.94 bits per heavy atom. The lowest BCUT2D eigenvalue weighted by Crippen LogP contribution is -2.64. The monoisotopic (exact) mass is 1770 g/mol. The van der Waals surface area contributed by atoms with Gasteiger partial charge in [-0.3, -0.25) is 43.7 Å². The van der Waals surface area contributed by atoms with E-state index in [9.17, 15) is 55.2 Å². The van der Waals surface area contributed by atoms with Crippen LogP contribution in [0.1, 0.15) is 189 Å². The molecule has 32 nitrogen and oxygen atoms in total. The molecule has 0 radical (unpaired) electrons.